The number of nitrogens with one attached hydrogen (secondary N) is 2. The summed E-state index contributed by atoms with van der Waals surface area (Å²) in [7, 11) is 0. The molecule has 44 heavy (non-hydrogen) atoms. The minimum absolute atomic E-state index is 0.0852. The second kappa shape index (κ2) is 13.1. The third kappa shape index (κ3) is 6.88. The van der Waals surface area contributed by atoms with Crippen molar-refractivity contribution in [2.45, 2.75) is 16.6 Å². The normalized spacial score (nSPS) is 14.8. The number of halogens is 1. The lowest BCUT2D eigenvalue weighted by molar-refractivity contribution is -0.384. The number of carbonyl (C=O) groups excluding carboxylic acids is 4. The second-order valence-electron chi connectivity index (χ2n) is 9.53. The second-order valence-corrected chi connectivity index (χ2v) is 10.8. The van der Waals surface area contributed by atoms with Gasteiger partial charge in [0.1, 0.15) is 11.5 Å². The molecular formula is C32H23FN4O6S. The van der Waals surface area contributed by atoms with E-state index in [1.54, 1.807) is 60.7 Å². The Labute approximate surface area is 254 Å². The fraction of sp³-hybridized carbons (Fsp3) is 0.0625. The molecule has 4 aromatic rings. The van der Waals surface area contributed by atoms with E-state index in [1.807, 2.05) is 0 Å². The Kier molecular flexibility index (Phi) is 8.91. The van der Waals surface area contributed by atoms with E-state index in [1.165, 1.54) is 48.5 Å². The van der Waals surface area contributed by atoms with Gasteiger partial charge in [0.15, 0.2) is 0 Å². The molecule has 4 amide bonds. The van der Waals surface area contributed by atoms with Gasteiger partial charge in [-0.3, -0.25) is 29.3 Å². The van der Waals surface area contributed by atoms with Crippen LogP contribution in [0.1, 0.15) is 22.3 Å². The Bertz CT molecular complexity index is 1800. The van der Waals surface area contributed by atoms with Gasteiger partial charge in [-0.05, 0) is 54.6 Å². The van der Waals surface area contributed by atoms with Gasteiger partial charge in [-0.2, -0.15) is 0 Å². The lowest BCUT2D eigenvalue weighted by atomic mass is 10.1. The number of amides is 4. The van der Waals surface area contributed by atoms with E-state index >= 15 is 0 Å². The quantitative estimate of drug-likeness (QED) is 0.109. The number of nitrogens with zero attached hydrogens (tertiary/aromatic N) is 2. The maximum Gasteiger partial charge on any atom is 0.272 e. The molecular weight excluding hydrogens is 587 g/mol. The van der Waals surface area contributed by atoms with E-state index in [-0.39, 0.29) is 29.1 Å². The molecule has 1 saturated heterocycles. The highest BCUT2D eigenvalue weighted by Gasteiger charge is 2.40. The third-order valence-corrected chi connectivity index (χ3v) is 7.71. The Balaban J connectivity index is 1.32. The number of nitro groups is 1. The first-order chi connectivity index (χ1) is 21.2. The molecule has 2 N–H and O–H groups in total. The van der Waals surface area contributed by atoms with Crippen molar-refractivity contribution in [2.24, 2.45) is 0 Å². The first kappa shape index (κ1) is 29.9. The summed E-state index contributed by atoms with van der Waals surface area (Å²) in [5.74, 6) is -2.76. The molecule has 0 unspecified atom stereocenters. The summed E-state index contributed by atoms with van der Waals surface area (Å²) in [6.07, 6.45) is 1.15. The van der Waals surface area contributed by atoms with Gasteiger partial charge in [0.2, 0.25) is 11.8 Å². The van der Waals surface area contributed by atoms with Gasteiger partial charge in [-0.1, -0.05) is 42.5 Å². The van der Waals surface area contributed by atoms with Crippen molar-refractivity contribution in [1.82, 2.24) is 5.32 Å². The predicted molar refractivity (Wildman–Crippen MR) is 163 cm³/mol. The third-order valence-electron chi connectivity index (χ3n) is 6.53. The van der Waals surface area contributed by atoms with Crippen molar-refractivity contribution >= 4 is 58.5 Å². The lowest BCUT2D eigenvalue weighted by Gasteiger charge is -2.15. The first-order valence-electron chi connectivity index (χ1n) is 13.2. The van der Waals surface area contributed by atoms with Crippen LogP contribution in [-0.2, 0) is 14.4 Å². The number of anilines is 2. The van der Waals surface area contributed by atoms with Crippen molar-refractivity contribution < 1.29 is 28.5 Å². The Morgan fingerprint density at radius 1 is 0.932 bits per heavy atom. The average molecular weight is 611 g/mol. The number of imide groups is 1. The van der Waals surface area contributed by atoms with Crippen LogP contribution in [0.5, 0.6) is 0 Å². The highest BCUT2D eigenvalue weighted by molar-refractivity contribution is 8.00. The van der Waals surface area contributed by atoms with Gasteiger partial charge >= 0.3 is 0 Å². The number of hydrogen-bond donors (Lipinski definition) is 2. The Morgan fingerprint density at radius 2 is 1.64 bits per heavy atom. The zero-order valence-electron chi connectivity index (χ0n) is 22.8. The topological polar surface area (TPSA) is 139 Å². The molecule has 0 spiro atoms. The molecule has 1 aliphatic heterocycles. The molecule has 0 saturated carbocycles. The van der Waals surface area contributed by atoms with Gasteiger partial charge in [0, 0.05) is 40.3 Å². The van der Waals surface area contributed by atoms with E-state index in [0.717, 1.165) is 16.7 Å². The van der Waals surface area contributed by atoms with Gasteiger partial charge in [0.25, 0.3) is 17.5 Å². The van der Waals surface area contributed by atoms with Gasteiger partial charge in [0.05, 0.1) is 15.9 Å². The van der Waals surface area contributed by atoms with E-state index in [4.69, 9.17) is 0 Å². The molecule has 0 bridgehead atoms. The largest absolute Gasteiger partial charge is 0.321 e. The number of nitro benzene ring substituents is 1. The van der Waals surface area contributed by atoms with E-state index in [9.17, 15) is 33.7 Å². The molecule has 4 aromatic carbocycles. The number of benzene rings is 4. The summed E-state index contributed by atoms with van der Waals surface area (Å²) in [5.41, 5.74) is 0.606. The zero-order chi connectivity index (χ0) is 31.2. The van der Waals surface area contributed by atoms with E-state index in [0.29, 0.717) is 16.1 Å². The van der Waals surface area contributed by atoms with Crippen LogP contribution in [-0.4, -0.2) is 33.8 Å². The SMILES string of the molecule is O=C(Nc1cccc(S[C@H]2CC(=O)N(c3ccc([N+](=O)[O-])cc3)C2=O)c1)/C(=C/c1ccccc1F)NC(=O)c1ccccc1. The summed E-state index contributed by atoms with van der Waals surface area (Å²) in [6, 6.07) is 25.8. The molecule has 10 nitrogen and oxygen atoms in total. The van der Waals surface area contributed by atoms with Gasteiger partial charge < -0.3 is 10.6 Å². The van der Waals surface area contributed by atoms with Gasteiger partial charge in [-0.25, -0.2) is 9.29 Å². The number of thioether (sulfide) groups is 1. The minimum atomic E-state index is -0.759. The number of rotatable bonds is 9. The maximum atomic E-state index is 14.4. The number of hydrogen-bond acceptors (Lipinski definition) is 7. The molecule has 220 valence electrons. The van der Waals surface area contributed by atoms with Crippen LogP contribution in [0.3, 0.4) is 0 Å². The summed E-state index contributed by atoms with van der Waals surface area (Å²) in [4.78, 5) is 63.9. The maximum absolute atomic E-state index is 14.4. The fourth-order valence-electron chi connectivity index (χ4n) is 4.39. The average Bonchev–Trinajstić information content (AvgIpc) is 3.30. The summed E-state index contributed by atoms with van der Waals surface area (Å²) >= 11 is 1.13. The van der Waals surface area contributed by atoms with Crippen LogP contribution < -0.4 is 15.5 Å². The molecule has 1 atom stereocenters. The molecule has 1 fully saturated rings. The van der Waals surface area contributed by atoms with Crippen LogP contribution in [0.4, 0.5) is 21.5 Å². The number of non-ortho nitro benzene ring substituents is 1. The molecule has 1 heterocycles. The Morgan fingerprint density at radius 3 is 2.34 bits per heavy atom. The fourth-order valence-corrected chi connectivity index (χ4v) is 5.50. The van der Waals surface area contributed by atoms with Gasteiger partial charge in [-0.15, -0.1) is 11.8 Å². The molecule has 12 heteroatoms. The van der Waals surface area contributed by atoms with Crippen LogP contribution in [0.2, 0.25) is 0 Å². The molecule has 5 rings (SSSR count). The van der Waals surface area contributed by atoms with E-state index < -0.39 is 39.6 Å². The first-order valence-corrected chi connectivity index (χ1v) is 14.1. The van der Waals surface area contributed by atoms with Crippen molar-refractivity contribution in [3.05, 3.63) is 136 Å². The molecule has 0 radical (unpaired) electrons. The summed E-state index contributed by atoms with van der Waals surface area (Å²) in [5, 5.41) is 15.4. The van der Waals surface area contributed by atoms with Crippen LogP contribution in [0, 0.1) is 15.9 Å². The standard InChI is InChI=1S/C32H23FN4O6S/c33-26-12-5-4-9-21(26)17-27(35-30(39)20-7-2-1-3-8-20)31(40)34-22-10-6-11-25(18-22)44-28-19-29(38)36(32(28)41)23-13-15-24(16-14-23)37(42)43/h1-18,28H,19H2,(H,34,40)(H,35,39)/b27-17-/t28-/m0/s1. The molecule has 0 aliphatic carbocycles. The molecule has 1 aliphatic rings. The van der Waals surface area contributed by atoms with E-state index in [2.05, 4.69) is 10.6 Å². The summed E-state index contributed by atoms with van der Waals surface area (Å²) < 4.78 is 14.4. The van der Waals surface area contributed by atoms with Crippen molar-refractivity contribution in [3.8, 4) is 0 Å². The summed E-state index contributed by atoms with van der Waals surface area (Å²) in [6.45, 7) is 0. The highest BCUT2D eigenvalue weighted by atomic mass is 32.2. The predicted octanol–water partition coefficient (Wildman–Crippen LogP) is 5.57. The van der Waals surface area contributed by atoms with Crippen LogP contribution in [0.15, 0.2) is 114 Å². The monoisotopic (exact) mass is 610 g/mol. The molecule has 0 aromatic heterocycles. The van der Waals surface area contributed by atoms with Crippen molar-refractivity contribution in [3.63, 3.8) is 0 Å². The Hall–Kier alpha value is -5.62. The highest BCUT2D eigenvalue weighted by Crippen LogP contribution is 2.35. The lowest BCUT2D eigenvalue weighted by Crippen LogP contribution is -2.31. The van der Waals surface area contributed by atoms with Crippen molar-refractivity contribution in [1.29, 1.82) is 0 Å². The van der Waals surface area contributed by atoms with Crippen LogP contribution in [0.25, 0.3) is 6.08 Å². The van der Waals surface area contributed by atoms with Crippen molar-refractivity contribution in [2.75, 3.05) is 10.2 Å². The van der Waals surface area contributed by atoms with Crippen LogP contribution >= 0.6 is 11.8 Å². The minimum Gasteiger partial charge on any atom is -0.321 e. The zero-order valence-corrected chi connectivity index (χ0v) is 23.6. The smallest absolute Gasteiger partial charge is 0.272 e. The number of carbonyl (C=O) groups is 4.